The van der Waals surface area contributed by atoms with Crippen molar-refractivity contribution in [2.75, 3.05) is 5.73 Å². The summed E-state index contributed by atoms with van der Waals surface area (Å²) in [5.41, 5.74) is 8.48. The van der Waals surface area contributed by atoms with E-state index in [-0.39, 0.29) is 0 Å². The first kappa shape index (κ1) is 8.88. The van der Waals surface area contributed by atoms with Crippen molar-refractivity contribution >= 4 is 33.2 Å². The molecule has 0 saturated carbocycles. The van der Waals surface area contributed by atoms with Crippen LogP contribution in [0.5, 0.6) is 0 Å². The maximum absolute atomic E-state index is 5.95. The Labute approximate surface area is 79.7 Å². The number of hydrogen-bond donors (Lipinski definition) is 1. The van der Waals surface area contributed by atoms with Crippen molar-refractivity contribution in [2.45, 2.75) is 13.8 Å². The fourth-order valence-electron chi connectivity index (χ4n) is 0.869. The largest absolute Gasteiger partial charge is 0.398 e. The van der Waals surface area contributed by atoms with Crippen LogP contribution in [0.25, 0.3) is 0 Å². The van der Waals surface area contributed by atoms with Crippen molar-refractivity contribution in [1.82, 2.24) is 0 Å². The second kappa shape index (κ2) is 3.03. The van der Waals surface area contributed by atoms with E-state index in [0.29, 0.717) is 0 Å². The second-order valence-corrected chi connectivity index (χ2v) is 3.71. The lowest BCUT2D eigenvalue weighted by molar-refractivity contribution is 1.37. The van der Waals surface area contributed by atoms with Crippen LogP contribution in [0.3, 0.4) is 0 Å². The molecule has 0 saturated heterocycles. The molecule has 0 unspecified atom stereocenters. The molecule has 60 valence electrons. The first-order chi connectivity index (χ1) is 5.04. The molecular formula is C8H9BrClN. The van der Waals surface area contributed by atoms with E-state index in [9.17, 15) is 0 Å². The number of benzene rings is 1. The molecule has 0 spiro atoms. The summed E-state index contributed by atoms with van der Waals surface area (Å²) in [7, 11) is 0. The third-order valence-corrected chi connectivity index (χ3v) is 3.38. The molecule has 11 heavy (non-hydrogen) atoms. The van der Waals surface area contributed by atoms with E-state index in [2.05, 4.69) is 15.9 Å². The minimum absolute atomic E-state index is 0.747. The van der Waals surface area contributed by atoms with Gasteiger partial charge in [-0.15, -0.1) is 0 Å². The Hall–Kier alpha value is -0.210. The van der Waals surface area contributed by atoms with Crippen molar-refractivity contribution in [2.24, 2.45) is 0 Å². The molecule has 0 aliphatic carbocycles. The first-order valence-electron chi connectivity index (χ1n) is 3.24. The Kier molecular flexibility index (Phi) is 2.45. The van der Waals surface area contributed by atoms with E-state index < -0.39 is 0 Å². The molecule has 0 fully saturated rings. The van der Waals surface area contributed by atoms with Crippen LogP contribution in [0.2, 0.25) is 5.02 Å². The second-order valence-electron chi connectivity index (χ2n) is 2.54. The topological polar surface area (TPSA) is 26.0 Å². The third-order valence-electron chi connectivity index (χ3n) is 1.67. The molecule has 0 amide bonds. The van der Waals surface area contributed by atoms with E-state index in [1.807, 2.05) is 19.9 Å². The molecule has 0 bridgehead atoms. The highest BCUT2D eigenvalue weighted by Crippen LogP contribution is 2.32. The van der Waals surface area contributed by atoms with Crippen LogP contribution in [-0.2, 0) is 0 Å². The van der Waals surface area contributed by atoms with Gasteiger partial charge in [-0.3, -0.25) is 0 Å². The molecule has 0 aromatic heterocycles. The Bertz CT molecular complexity index is 270. The van der Waals surface area contributed by atoms with Gasteiger partial charge < -0.3 is 5.73 Å². The maximum Gasteiger partial charge on any atom is 0.0581 e. The van der Waals surface area contributed by atoms with E-state index >= 15 is 0 Å². The molecule has 0 aliphatic heterocycles. The minimum atomic E-state index is 0.747. The van der Waals surface area contributed by atoms with Crippen molar-refractivity contribution in [3.05, 3.63) is 26.7 Å². The van der Waals surface area contributed by atoms with Gasteiger partial charge in [-0.1, -0.05) is 11.6 Å². The van der Waals surface area contributed by atoms with Crippen LogP contribution < -0.4 is 5.73 Å². The summed E-state index contributed by atoms with van der Waals surface area (Å²) < 4.78 is 0.900. The van der Waals surface area contributed by atoms with Gasteiger partial charge in [0.05, 0.1) is 5.02 Å². The van der Waals surface area contributed by atoms with E-state index in [4.69, 9.17) is 17.3 Å². The number of nitrogen functional groups attached to an aromatic ring is 1. The van der Waals surface area contributed by atoms with Gasteiger partial charge in [0.25, 0.3) is 0 Å². The maximum atomic E-state index is 5.95. The molecule has 1 aromatic carbocycles. The Balaban J connectivity index is 3.46. The molecular weight excluding hydrogens is 225 g/mol. The average molecular weight is 235 g/mol. The van der Waals surface area contributed by atoms with Crippen molar-refractivity contribution in [3.63, 3.8) is 0 Å². The lowest BCUT2D eigenvalue weighted by Crippen LogP contribution is -1.92. The molecule has 0 aliphatic rings. The average Bonchev–Trinajstić information content (AvgIpc) is 1.97. The molecule has 1 nitrogen and oxygen atoms in total. The molecule has 1 rings (SSSR count). The standard InChI is InChI=1S/C8H9BrClN/c1-4-3-6(11)5(2)7(9)8(4)10/h3H,11H2,1-2H3. The van der Waals surface area contributed by atoms with Gasteiger partial charge >= 0.3 is 0 Å². The SMILES string of the molecule is Cc1cc(N)c(C)c(Br)c1Cl. The van der Waals surface area contributed by atoms with Crippen molar-refractivity contribution < 1.29 is 0 Å². The van der Waals surface area contributed by atoms with Gasteiger partial charge in [0, 0.05) is 10.2 Å². The van der Waals surface area contributed by atoms with Crippen molar-refractivity contribution in [1.29, 1.82) is 0 Å². The summed E-state index contributed by atoms with van der Waals surface area (Å²) in [6, 6.07) is 1.88. The predicted molar refractivity (Wildman–Crippen MR) is 53.0 cm³/mol. The van der Waals surface area contributed by atoms with Crippen LogP contribution in [-0.4, -0.2) is 0 Å². The summed E-state index contributed by atoms with van der Waals surface area (Å²) in [6.45, 7) is 3.87. The molecule has 0 heterocycles. The number of halogens is 2. The number of anilines is 1. The zero-order chi connectivity index (χ0) is 8.59. The minimum Gasteiger partial charge on any atom is -0.398 e. The Morgan fingerprint density at radius 1 is 1.45 bits per heavy atom. The third kappa shape index (κ3) is 1.52. The monoisotopic (exact) mass is 233 g/mol. The number of rotatable bonds is 0. The van der Waals surface area contributed by atoms with Crippen LogP contribution in [0.15, 0.2) is 10.5 Å². The van der Waals surface area contributed by atoms with E-state index in [1.54, 1.807) is 0 Å². The van der Waals surface area contributed by atoms with E-state index in [1.165, 1.54) is 0 Å². The normalized spacial score (nSPS) is 10.2. The molecule has 0 atom stereocenters. The highest BCUT2D eigenvalue weighted by atomic mass is 79.9. The van der Waals surface area contributed by atoms with Crippen LogP contribution >= 0.6 is 27.5 Å². The van der Waals surface area contributed by atoms with Gasteiger partial charge in [0.1, 0.15) is 0 Å². The lowest BCUT2D eigenvalue weighted by Gasteiger charge is -2.07. The van der Waals surface area contributed by atoms with Gasteiger partial charge in [0.2, 0.25) is 0 Å². The van der Waals surface area contributed by atoms with Gasteiger partial charge in [-0.25, -0.2) is 0 Å². The predicted octanol–water partition coefficient (Wildman–Crippen LogP) is 3.30. The zero-order valence-corrected chi connectivity index (χ0v) is 8.75. The highest BCUT2D eigenvalue weighted by Gasteiger charge is 2.06. The summed E-state index contributed by atoms with van der Waals surface area (Å²) in [6.07, 6.45) is 0. The fourth-order valence-corrected chi connectivity index (χ4v) is 1.61. The Morgan fingerprint density at radius 2 is 2.00 bits per heavy atom. The number of hydrogen-bond acceptors (Lipinski definition) is 1. The fraction of sp³-hybridized carbons (Fsp3) is 0.250. The summed E-state index contributed by atoms with van der Waals surface area (Å²) in [5.74, 6) is 0. The van der Waals surface area contributed by atoms with Crippen LogP contribution in [0.1, 0.15) is 11.1 Å². The van der Waals surface area contributed by atoms with Crippen LogP contribution in [0, 0.1) is 13.8 Å². The van der Waals surface area contributed by atoms with Crippen LogP contribution in [0.4, 0.5) is 5.69 Å². The smallest absolute Gasteiger partial charge is 0.0581 e. The Morgan fingerprint density at radius 3 is 2.55 bits per heavy atom. The number of aryl methyl sites for hydroxylation is 1. The summed E-state index contributed by atoms with van der Waals surface area (Å²) in [4.78, 5) is 0. The molecule has 1 aromatic rings. The van der Waals surface area contributed by atoms with Gasteiger partial charge in [0.15, 0.2) is 0 Å². The van der Waals surface area contributed by atoms with Crippen molar-refractivity contribution in [3.8, 4) is 0 Å². The zero-order valence-electron chi connectivity index (χ0n) is 6.41. The first-order valence-corrected chi connectivity index (χ1v) is 4.41. The molecule has 3 heteroatoms. The van der Waals surface area contributed by atoms with E-state index in [0.717, 1.165) is 26.3 Å². The molecule has 0 radical (unpaired) electrons. The quantitative estimate of drug-likeness (QED) is 0.685. The molecule has 2 N–H and O–H groups in total. The lowest BCUT2D eigenvalue weighted by atomic mass is 10.1. The van der Waals surface area contributed by atoms with Gasteiger partial charge in [-0.2, -0.15) is 0 Å². The highest BCUT2D eigenvalue weighted by molar-refractivity contribution is 9.10. The number of nitrogens with two attached hydrogens (primary N) is 1. The summed E-state index contributed by atoms with van der Waals surface area (Å²) in [5, 5.41) is 0.747. The summed E-state index contributed by atoms with van der Waals surface area (Å²) >= 11 is 9.32. The van der Waals surface area contributed by atoms with Gasteiger partial charge in [-0.05, 0) is 47.0 Å².